The van der Waals surface area contributed by atoms with Crippen LogP contribution in [-0.2, 0) is 29.5 Å². The third-order valence-corrected chi connectivity index (χ3v) is 7.23. The van der Waals surface area contributed by atoms with Crippen molar-refractivity contribution >= 4 is 46.9 Å². The molecule has 3 heterocycles. The van der Waals surface area contributed by atoms with Gasteiger partial charge in [-0.15, -0.1) is 11.8 Å². The first-order chi connectivity index (χ1) is 12.9. The molecule has 1 aromatic heterocycles. The highest BCUT2D eigenvalue weighted by molar-refractivity contribution is 8.01. The van der Waals surface area contributed by atoms with Crippen LogP contribution in [0.2, 0.25) is 0 Å². The summed E-state index contributed by atoms with van der Waals surface area (Å²) in [5.74, 6) is -5.20. The molecule has 2 amide bonds. The van der Waals surface area contributed by atoms with Crippen molar-refractivity contribution in [3.8, 4) is 0 Å². The molecule has 0 spiro atoms. The van der Waals surface area contributed by atoms with E-state index < -0.39 is 51.2 Å². The van der Waals surface area contributed by atoms with E-state index >= 15 is 0 Å². The van der Waals surface area contributed by atoms with Crippen LogP contribution in [0.4, 0.5) is 0 Å². The number of β-lactam (4-membered cyclic amide) rings is 1. The lowest BCUT2D eigenvalue weighted by atomic mass is 9.91. The maximum atomic E-state index is 12.8. The Balaban J connectivity index is 1.95. The Hall–Kier alpha value is -2.15. The summed E-state index contributed by atoms with van der Waals surface area (Å²) in [6.45, 7) is 3.28. The number of carbonyl (C=O) groups excluding carboxylic acids is 2. The Morgan fingerprint density at radius 3 is 2.43 bits per heavy atom. The number of methoxy groups -OCH3 is 1. The van der Waals surface area contributed by atoms with Gasteiger partial charge in [0, 0.05) is 17.4 Å². The smallest absolute Gasteiger partial charge is 0.350 e. The molecule has 0 aromatic carbocycles. The average molecular weight is 430 g/mol. The van der Waals surface area contributed by atoms with Crippen molar-refractivity contribution in [2.45, 2.75) is 41.3 Å². The quantitative estimate of drug-likeness (QED) is 0.269. The van der Waals surface area contributed by atoms with Gasteiger partial charge in [0.2, 0.25) is 0 Å². The van der Waals surface area contributed by atoms with Crippen LogP contribution in [0.1, 0.15) is 19.4 Å². The molecule has 3 rings (SSSR count). The van der Waals surface area contributed by atoms with Crippen molar-refractivity contribution in [1.82, 2.24) is 10.2 Å². The fraction of sp³-hybridized carbons (Fsp3) is 0.500. The molecule has 10 nitrogen and oxygen atoms in total. The molecule has 1 unspecified atom stereocenters. The highest BCUT2D eigenvalue weighted by atomic mass is 32.2. The molecule has 152 valence electrons. The average Bonchev–Trinajstić information content (AvgIpc) is 3.23. The molecule has 2 aliphatic rings. The van der Waals surface area contributed by atoms with Crippen LogP contribution in [0, 0.1) is 0 Å². The van der Waals surface area contributed by atoms with Gasteiger partial charge in [-0.1, -0.05) is 0 Å². The lowest BCUT2D eigenvalue weighted by Gasteiger charge is -2.51. The number of nitrogens with one attached hydrogen (secondary N) is 1. The van der Waals surface area contributed by atoms with E-state index in [1.807, 2.05) is 0 Å². The number of fused-ring (bicyclic) bond motifs is 1. The predicted octanol–water partition coefficient (Wildman–Crippen LogP) is -0.374. The van der Waals surface area contributed by atoms with Gasteiger partial charge in [-0.2, -0.15) is 11.3 Å². The van der Waals surface area contributed by atoms with Crippen molar-refractivity contribution in [2.75, 3.05) is 7.11 Å². The molecule has 2 fully saturated rings. The van der Waals surface area contributed by atoms with Crippen molar-refractivity contribution in [2.24, 2.45) is 0 Å². The van der Waals surface area contributed by atoms with Crippen LogP contribution in [0.5, 0.6) is 0 Å². The van der Waals surface area contributed by atoms with Crippen LogP contribution in [-0.4, -0.2) is 73.0 Å². The molecule has 2 aliphatic heterocycles. The maximum Gasteiger partial charge on any atom is 0.350 e. The largest absolute Gasteiger partial charge is 0.480 e. The predicted molar refractivity (Wildman–Crippen MR) is 97.5 cm³/mol. The number of amides is 2. The Labute approximate surface area is 167 Å². The Bertz CT molecular complexity index is 857. The van der Waals surface area contributed by atoms with Crippen molar-refractivity contribution in [3.63, 3.8) is 0 Å². The molecular formula is C16H18N2O8S2. The highest BCUT2D eigenvalue weighted by Crippen LogP contribution is 2.55. The van der Waals surface area contributed by atoms with E-state index in [2.05, 4.69) is 5.32 Å². The minimum absolute atomic E-state index is 0.166. The van der Waals surface area contributed by atoms with E-state index in [9.17, 15) is 34.5 Å². The Morgan fingerprint density at radius 1 is 1.32 bits per heavy atom. The van der Waals surface area contributed by atoms with Crippen LogP contribution < -0.4 is 5.32 Å². The number of thiophene rings is 1. The summed E-state index contributed by atoms with van der Waals surface area (Å²) in [5, 5.41) is 33.6. The zero-order chi connectivity index (χ0) is 21.1. The van der Waals surface area contributed by atoms with Gasteiger partial charge in [-0.05, 0) is 30.7 Å². The van der Waals surface area contributed by atoms with E-state index in [1.54, 1.807) is 13.8 Å². The summed E-state index contributed by atoms with van der Waals surface area (Å²) in [6.07, 6.45) is 0. The number of aliphatic carboxylic acids is 2. The second kappa shape index (κ2) is 6.44. The number of carbonyl (C=O) groups is 4. The molecule has 0 aliphatic carbocycles. The Morgan fingerprint density at radius 2 is 1.96 bits per heavy atom. The SMILES string of the molecule is CO[C@@]1(NC(=O)C(O)(C(=O)O)c2ccsc2)C(=O)N2[C@@H](C(=O)O)C(C)(C)S[C@@H]21. The van der Waals surface area contributed by atoms with Crippen molar-refractivity contribution < 1.29 is 39.2 Å². The van der Waals surface area contributed by atoms with Gasteiger partial charge in [0.25, 0.3) is 23.1 Å². The van der Waals surface area contributed by atoms with Crippen LogP contribution in [0.3, 0.4) is 0 Å². The van der Waals surface area contributed by atoms with E-state index in [-0.39, 0.29) is 5.56 Å². The zero-order valence-electron chi connectivity index (χ0n) is 15.0. The normalized spacial score (nSPS) is 30.1. The number of ether oxygens (including phenoxy) is 1. The van der Waals surface area contributed by atoms with Gasteiger partial charge in [0.15, 0.2) is 0 Å². The molecule has 12 heteroatoms. The van der Waals surface area contributed by atoms with Gasteiger partial charge in [0.05, 0.1) is 0 Å². The second-order valence-electron chi connectivity index (χ2n) is 6.95. The minimum atomic E-state index is -2.93. The van der Waals surface area contributed by atoms with Gasteiger partial charge >= 0.3 is 11.9 Å². The van der Waals surface area contributed by atoms with Gasteiger partial charge < -0.3 is 30.3 Å². The summed E-state index contributed by atoms with van der Waals surface area (Å²) < 4.78 is 4.36. The Kier molecular flexibility index (Phi) is 4.73. The topological polar surface area (TPSA) is 153 Å². The minimum Gasteiger partial charge on any atom is -0.480 e. The molecule has 0 saturated carbocycles. The molecule has 4 atom stereocenters. The third-order valence-electron chi connectivity index (χ3n) is 4.94. The summed E-state index contributed by atoms with van der Waals surface area (Å²) >= 11 is 2.19. The lowest BCUT2D eigenvalue weighted by molar-refractivity contribution is -0.204. The van der Waals surface area contributed by atoms with Crippen molar-refractivity contribution in [3.05, 3.63) is 22.4 Å². The molecule has 2 saturated heterocycles. The van der Waals surface area contributed by atoms with Crippen LogP contribution in [0.15, 0.2) is 16.8 Å². The molecule has 4 N–H and O–H groups in total. The van der Waals surface area contributed by atoms with Gasteiger partial charge in [0.1, 0.15) is 11.4 Å². The summed E-state index contributed by atoms with van der Waals surface area (Å²) in [6, 6.07) is 0.131. The first-order valence-electron chi connectivity index (χ1n) is 8.03. The van der Waals surface area contributed by atoms with Crippen molar-refractivity contribution in [1.29, 1.82) is 0 Å². The van der Waals surface area contributed by atoms with Gasteiger partial charge in [-0.3, -0.25) is 9.59 Å². The fourth-order valence-corrected chi connectivity index (χ4v) is 5.84. The number of carboxylic acids is 2. The summed E-state index contributed by atoms with van der Waals surface area (Å²) in [4.78, 5) is 50.0. The number of carboxylic acid groups (broad SMARTS) is 2. The standard InChI is InChI=1S/C16H18N2O8S2/c1-14(2)8(9(19)20)18-11(22)16(26-3,12(18)28-14)17-10(21)15(25,13(23)24)7-4-5-27-6-7/h4-6,8,12,25H,1-3H3,(H,17,21)(H,19,20)(H,23,24)/t8-,12+,15?,16-/m0/s1. The number of nitrogens with zero attached hydrogens (tertiary/aromatic N) is 1. The molecule has 0 radical (unpaired) electrons. The van der Waals surface area contributed by atoms with E-state index in [1.165, 1.54) is 16.8 Å². The fourth-order valence-electron chi connectivity index (χ4n) is 3.47. The first-order valence-corrected chi connectivity index (χ1v) is 9.85. The number of aliphatic hydroxyl groups is 1. The van der Waals surface area contributed by atoms with Crippen LogP contribution >= 0.6 is 23.1 Å². The highest BCUT2D eigenvalue weighted by Gasteiger charge is 2.73. The first kappa shape index (κ1) is 20.6. The number of hydrogen-bond acceptors (Lipinski definition) is 8. The molecular weight excluding hydrogens is 412 g/mol. The second-order valence-corrected chi connectivity index (χ2v) is 9.46. The number of rotatable bonds is 6. The molecule has 0 bridgehead atoms. The van der Waals surface area contributed by atoms with Gasteiger partial charge in [-0.25, -0.2) is 9.59 Å². The monoisotopic (exact) mass is 430 g/mol. The maximum absolute atomic E-state index is 12.8. The van der Waals surface area contributed by atoms with E-state index in [0.29, 0.717) is 0 Å². The number of hydrogen-bond donors (Lipinski definition) is 4. The third kappa shape index (κ3) is 2.55. The molecule has 28 heavy (non-hydrogen) atoms. The summed E-state index contributed by atoms with van der Waals surface area (Å²) in [5.41, 5.74) is -5.08. The number of thioether (sulfide) groups is 1. The summed E-state index contributed by atoms with van der Waals surface area (Å²) in [7, 11) is 1.14. The molecule has 1 aromatic rings. The van der Waals surface area contributed by atoms with E-state index in [4.69, 9.17) is 4.74 Å². The lowest BCUT2D eigenvalue weighted by Crippen LogP contribution is -2.81. The zero-order valence-corrected chi connectivity index (χ0v) is 16.7. The van der Waals surface area contributed by atoms with Crippen LogP contribution in [0.25, 0.3) is 0 Å². The van der Waals surface area contributed by atoms with E-state index in [0.717, 1.165) is 35.1 Å².